The molecule has 0 aliphatic carbocycles. The number of carbonyl (C=O) groups is 1. The molecule has 1 unspecified atom stereocenters. The Morgan fingerprint density at radius 1 is 1.24 bits per heavy atom. The summed E-state index contributed by atoms with van der Waals surface area (Å²) >= 11 is 12.0. The SMILES string of the molecule is CN(C)C(C(=O)Nc1cccc(Cl)c1Cl)c1cccnc1. The van der Waals surface area contributed by atoms with Crippen LogP contribution in [0.15, 0.2) is 42.7 Å². The molecule has 2 rings (SSSR count). The molecule has 1 atom stereocenters. The number of rotatable bonds is 4. The van der Waals surface area contributed by atoms with Gasteiger partial charge < -0.3 is 5.32 Å². The van der Waals surface area contributed by atoms with Gasteiger partial charge in [-0.3, -0.25) is 14.7 Å². The van der Waals surface area contributed by atoms with E-state index in [2.05, 4.69) is 10.3 Å². The second-order valence-corrected chi connectivity index (χ2v) is 5.53. The predicted octanol–water partition coefficient (Wildman–Crippen LogP) is 3.63. The van der Waals surface area contributed by atoms with Crippen LogP contribution >= 0.6 is 23.2 Å². The summed E-state index contributed by atoms with van der Waals surface area (Å²) in [5.41, 5.74) is 1.29. The van der Waals surface area contributed by atoms with E-state index in [1.807, 2.05) is 25.1 Å². The lowest BCUT2D eigenvalue weighted by Gasteiger charge is -2.23. The summed E-state index contributed by atoms with van der Waals surface area (Å²) in [7, 11) is 3.66. The normalized spacial score (nSPS) is 12.2. The van der Waals surface area contributed by atoms with Gasteiger partial charge in [0.15, 0.2) is 0 Å². The Kier molecular flexibility index (Phi) is 5.17. The molecule has 0 bridgehead atoms. The molecular weight excluding hydrogens is 309 g/mol. The summed E-state index contributed by atoms with van der Waals surface area (Å²) in [6.45, 7) is 0. The molecule has 6 heteroatoms. The van der Waals surface area contributed by atoms with E-state index in [0.717, 1.165) is 5.56 Å². The number of amides is 1. The molecule has 0 saturated carbocycles. The Labute approximate surface area is 133 Å². The van der Waals surface area contributed by atoms with Crippen LogP contribution in [0.4, 0.5) is 5.69 Å². The molecule has 21 heavy (non-hydrogen) atoms. The van der Waals surface area contributed by atoms with E-state index in [0.29, 0.717) is 15.7 Å². The smallest absolute Gasteiger partial charge is 0.246 e. The average molecular weight is 324 g/mol. The first kappa shape index (κ1) is 15.8. The van der Waals surface area contributed by atoms with Crippen LogP contribution in [-0.2, 0) is 4.79 Å². The molecule has 0 spiro atoms. The number of nitrogens with one attached hydrogen (secondary N) is 1. The average Bonchev–Trinajstić information content (AvgIpc) is 2.45. The first-order chi connectivity index (χ1) is 10.0. The molecule has 0 aliphatic rings. The van der Waals surface area contributed by atoms with E-state index >= 15 is 0 Å². The lowest BCUT2D eigenvalue weighted by molar-refractivity contribution is -0.120. The lowest BCUT2D eigenvalue weighted by atomic mass is 10.1. The van der Waals surface area contributed by atoms with Gasteiger partial charge in [-0.1, -0.05) is 35.3 Å². The largest absolute Gasteiger partial charge is 0.323 e. The molecule has 1 aromatic carbocycles. The fraction of sp³-hybridized carbons (Fsp3) is 0.200. The predicted molar refractivity (Wildman–Crippen MR) is 85.8 cm³/mol. The molecule has 0 aliphatic heterocycles. The molecule has 4 nitrogen and oxygen atoms in total. The number of benzene rings is 1. The molecule has 1 heterocycles. The number of aromatic nitrogens is 1. The van der Waals surface area contributed by atoms with Crippen molar-refractivity contribution < 1.29 is 4.79 Å². The molecule has 1 aromatic heterocycles. The number of nitrogens with zero attached hydrogens (tertiary/aromatic N) is 2. The summed E-state index contributed by atoms with van der Waals surface area (Å²) in [4.78, 5) is 18.4. The van der Waals surface area contributed by atoms with Crippen molar-refractivity contribution in [3.63, 3.8) is 0 Å². The molecule has 1 amide bonds. The van der Waals surface area contributed by atoms with Crippen LogP contribution in [0.25, 0.3) is 0 Å². The minimum absolute atomic E-state index is 0.197. The van der Waals surface area contributed by atoms with Gasteiger partial charge in [-0.15, -0.1) is 0 Å². The Morgan fingerprint density at radius 3 is 2.62 bits per heavy atom. The van der Waals surface area contributed by atoms with Gasteiger partial charge in [-0.05, 0) is 37.9 Å². The van der Waals surface area contributed by atoms with E-state index in [1.165, 1.54) is 0 Å². The molecule has 110 valence electrons. The summed E-state index contributed by atoms with van der Waals surface area (Å²) in [5.74, 6) is -0.197. The van der Waals surface area contributed by atoms with Crippen LogP contribution in [0.2, 0.25) is 10.0 Å². The van der Waals surface area contributed by atoms with E-state index in [-0.39, 0.29) is 5.91 Å². The van der Waals surface area contributed by atoms with Crippen molar-refractivity contribution in [1.82, 2.24) is 9.88 Å². The summed E-state index contributed by atoms with van der Waals surface area (Å²) in [6, 6.07) is 8.31. The third-order valence-electron chi connectivity index (χ3n) is 2.97. The van der Waals surface area contributed by atoms with Crippen molar-refractivity contribution in [2.45, 2.75) is 6.04 Å². The van der Waals surface area contributed by atoms with E-state index in [9.17, 15) is 4.79 Å². The van der Waals surface area contributed by atoms with Crippen molar-refractivity contribution in [2.24, 2.45) is 0 Å². The Hall–Kier alpha value is -1.62. The van der Waals surface area contributed by atoms with Gasteiger partial charge in [0, 0.05) is 12.4 Å². The van der Waals surface area contributed by atoms with E-state index < -0.39 is 6.04 Å². The van der Waals surface area contributed by atoms with Gasteiger partial charge in [0.1, 0.15) is 6.04 Å². The van der Waals surface area contributed by atoms with Gasteiger partial charge >= 0.3 is 0 Å². The van der Waals surface area contributed by atoms with Crippen molar-refractivity contribution in [3.05, 3.63) is 58.3 Å². The third-order valence-corrected chi connectivity index (χ3v) is 3.79. The van der Waals surface area contributed by atoms with Crippen LogP contribution in [0, 0.1) is 0 Å². The maximum atomic E-state index is 12.5. The minimum Gasteiger partial charge on any atom is -0.323 e. The molecular formula is C15H15Cl2N3O. The van der Waals surface area contributed by atoms with Crippen molar-refractivity contribution in [1.29, 1.82) is 0 Å². The van der Waals surface area contributed by atoms with Gasteiger partial charge in [0.25, 0.3) is 0 Å². The van der Waals surface area contributed by atoms with E-state index in [1.54, 1.807) is 36.7 Å². The fourth-order valence-corrected chi connectivity index (χ4v) is 2.37. The highest BCUT2D eigenvalue weighted by molar-refractivity contribution is 6.44. The number of carbonyl (C=O) groups excluding carboxylic acids is 1. The zero-order valence-electron chi connectivity index (χ0n) is 11.7. The van der Waals surface area contributed by atoms with Crippen LogP contribution in [0.3, 0.4) is 0 Å². The molecule has 2 aromatic rings. The van der Waals surface area contributed by atoms with Crippen molar-refractivity contribution in [2.75, 3.05) is 19.4 Å². The van der Waals surface area contributed by atoms with Crippen LogP contribution < -0.4 is 5.32 Å². The van der Waals surface area contributed by atoms with Gasteiger partial charge in [-0.2, -0.15) is 0 Å². The number of likely N-dealkylation sites (N-methyl/N-ethyl adjacent to an activating group) is 1. The molecule has 0 saturated heterocycles. The Morgan fingerprint density at radius 2 is 2.00 bits per heavy atom. The summed E-state index contributed by atoms with van der Waals surface area (Å²) < 4.78 is 0. The quantitative estimate of drug-likeness (QED) is 0.934. The third kappa shape index (κ3) is 3.73. The highest BCUT2D eigenvalue weighted by atomic mass is 35.5. The first-order valence-electron chi connectivity index (χ1n) is 6.32. The number of halogens is 2. The Bertz CT molecular complexity index is 632. The monoisotopic (exact) mass is 323 g/mol. The van der Waals surface area contributed by atoms with E-state index in [4.69, 9.17) is 23.2 Å². The summed E-state index contributed by atoms with van der Waals surface area (Å²) in [6.07, 6.45) is 3.34. The van der Waals surface area contributed by atoms with Crippen LogP contribution in [0.1, 0.15) is 11.6 Å². The highest BCUT2D eigenvalue weighted by Gasteiger charge is 2.23. The number of pyridine rings is 1. The molecule has 0 fully saturated rings. The first-order valence-corrected chi connectivity index (χ1v) is 7.07. The fourth-order valence-electron chi connectivity index (χ4n) is 2.02. The maximum Gasteiger partial charge on any atom is 0.246 e. The molecule has 0 radical (unpaired) electrons. The zero-order chi connectivity index (χ0) is 15.4. The van der Waals surface area contributed by atoms with Gasteiger partial charge in [0.05, 0.1) is 15.7 Å². The summed E-state index contributed by atoms with van der Waals surface area (Å²) in [5, 5.41) is 3.54. The topological polar surface area (TPSA) is 45.2 Å². The van der Waals surface area contributed by atoms with Crippen molar-refractivity contribution >= 4 is 34.8 Å². The van der Waals surface area contributed by atoms with Crippen LogP contribution in [0.5, 0.6) is 0 Å². The maximum absolute atomic E-state index is 12.5. The van der Waals surface area contributed by atoms with Crippen molar-refractivity contribution in [3.8, 4) is 0 Å². The second-order valence-electron chi connectivity index (χ2n) is 4.74. The number of hydrogen-bond acceptors (Lipinski definition) is 3. The number of hydrogen-bond donors (Lipinski definition) is 1. The van der Waals surface area contributed by atoms with Gasteiger partial charge in [0.2, 0.25) is 5.91 Å². The Balaban J connectivity index is 2.26. The standard InChI is InChI=1S/C15H15Cl2N3O/c1-20(2)14(10-5-4-8-18-9-10)15(21)19-12-7-3-6-11(16)13(12)17/h3-9,14H,1-2H3,(H,19,21). The lowest BCUT2D eigenvalue weighted by Crippen LogP contribution is -2.32. The highest BCUT2D eigenvalue weighted by Crippen LogP contribution is 2.30. The molecule has 1 N–H and O–H groups in total. The van der Waals surface area contributed by atoms with Crippen LogP contribution in [-0.4, -0.2) is 29.9 Å². The van der Waals surface area contributed by atoms with Gasteiger partial charge in [-0.25, -0.2) is 0 Å². The number of anilines is 1. The second kappa shape index (κ2) is 6.89. The minimum atomic E-state index is -0.464. The zero-order valence-corrected chi connectivity index (χ0v) is 13.2.